The van der Waals surface area contributed by atoms with Crippen LogP contribution in [0.2, 0.25) is 0 Å². The van der Waals surface area contributed by atoms with E-state index in [1.54, 1.807) is 13.3 Å². The molecule has 0 radical (unpaired) electrons. The fourth-order valence-corrected chi connectivity index (χ4v) is 4.37. The fraction of sp³-hybridized carbons (Fsp3) is 0.172. The van der Waals surface area contributed by atoms with E-state index in [-0.39, 0.29) is 12.3 Å². The largest absolute Gasteiger partial charge is 0.494 e. The molecule has 4 aromatic carbocycles. The van der Waals surface area contributed by atoms with Crippen molar-refractivity contribution < 1.29 is 19.0 Å². The maximum absolute atomic E-state index is 12.3. The number of fused-ring (bicyclic) bond motifs is 1. The number of amides is 1. The standard InChI is InChI=1S/C29H27BrN2O4/c1-3-35-24-13-11-20(12-14-24)17-28(33)32-31-18-21-15-26(30)29(27(16-21)34-2)36-19-23-9-6-8-22-7-4-5-10-25(22)23/h4-16,18H,3,17,19H2,1-2H3,(H,32,33)/b31-18+. The maximum atomic E-state index is 12.3. The topological polar surface area (TPSA) is 69.2 Å². The van der Waals surface area contributed by atoms with E-state index in [1.165, 1.54) is 5.39 Å². The minimum Gasteiger partial charge on any atom is -0.494 e. The molecule has 6 nitrogen and oxygen atoms in total. The van der Waals surface area contributed by atoms with Crippen LogP contribution in [0.4, 0.5) is 0 Å². The third-order valence-electron chi connectivity index (χ3n) is 5.51. The first-order valence-electron chi connectivity index (χ1n) is 11.6. The van der Waals surface area contributed by atoms with E-state index < -0.39 is 0 Å². The average Bonchev–Trinajstić information content (AvgIpc) is 2.89. The number of ether oxygens (including phenoxy) is 3. The van der Waals surface area contributed by atoms with Crippen LogP contribution in [0.25, 0.3) is 10.8 Å². The van der Waals surface area contributed by atoms with Crippen molar-refractivity contribution in [1.29, 1.82) is 0 Å². The van der Waals surface area contributed by atoms with Crippen LogP contribution in [0.3, 0.4) is 0 Å². The van der Waals surface area contributed by atoms with E-state index >= 15 is 0 Å². The number of rotatable bonds is 10. The van der Waals surface area contributed by atoms with Gasteiger partial charge in [0.1, 0.15) is 12.4 Å². The van der Waals surface area contributed by atoms with E-state index in [0.29, 0.717) is 24.7 Å². The van der Waals surface area contributed by atoms with E-state index in [9.17, 15) is 4.79 Å². The van der Waals surface area contributed by atoms with Crippen molar-refractivity contribution in [2.24, 2.45) is 5.10 Å². The van der Waals surface area contributed by atoms with Crippen LogP contribution < -0.4 is 19.6 Å². The zero-order chi connectivity index (χ0) is 25.3. The molecule has 0 bridgehead atoms. The maximum Gasteiger partial charge on any atom is 0.244 e. The molecule has 0 aliphatic heterocycles. The number of halogens is 1. The van der Waals surface area contributed by atoms with Crippen LogP contribution in [0.5, 0.6) is 17.2 Å². The molecule has 1 amide bonds. The fourth-order valence-electron chi connectivity index (χ4n) is 3.80. The lowest BCUT2D eigenvalue weighted by atomic mass is 10.1. The van der Waals surface area contributed by atoms with Crippen LogP contribution in [0.15, 0.2) is 88.4 Å². The van der Waals surface area contributed by atoms with Gasteiger partial charge in [0.2, 0.25) is 5.91 Å². The number of carbonyl (C=O) groups is 1. The molecule has 7 heteroatoms. The first-order chi connectivity index (χ1) is 17.6. The van der Waals surface area contributed by atoms with Crippen molar-refractivity contribution in [3.8, 4) is 17.2 Å². The summed E-state index contributed by atoms with van der Waals surface area (Å²) in [5.74, 6) is 1.73. The summed E-state index contributed by atoms with van der Waals surface area (Å²) in [5.41, 5.74) is 5.28. The van der Waals surface area contributed by atoms with Gasteiger partial charge < -0.3 is 14.2 Å². The van der Waals surface area contributed by atoms with Gasteiger partial charge in [-0.05, 0) is 74.6 Å². The van der Waals surface area contributed by atoms with Crippen LogP contribution in [0, 0.1) is 0 Å². The number of benzene rings is 4. The molecule has 0 aliphatic carbocycles. The van der Waals surface area contributed by atoms with E-state index in [4.69, 9.17) is 14.2 Å². The molecule has 0 saturated heterocycles. The first kappa shape index (κ1) is 25.3. The minimum atomic E-state index is -0.212. The van der Waals surface area contributed by atoms with E-state index in [2.05, 4.69) is 50.7 Å². The Kier molecular flexibility index (Phi) is 8.57. The lowest BCUT2D eigenvalue weighted by molar-refractivity contribution is -0.120. The lowest BCUT2D eigenvalue weighted by Gasteiger charge is -2.14. The summed E-state index contributed by atoms with van der Waals surface area (Å²) in [6.45, 7) is 2.93. The van der Waals surface area contributed by atoms with Crippen molar-refractivity contribution in [3.63, 3.8) is 0 Å². The third kappa shape index (κ3) is 6.43. The van der Waals surface area contributed by atoms with Gasteiger partial charge >= 0.3 is 0 Å². The summed E-state index contributed by atoms with van der Waals surface area (Å²) in [7, 11) is 1.59. The zero-order valence-electron chi connectivity index (χ0n) is 20.2. The predicted molar refractivity (Wildman–Crippen MR) is 146 cm³/mol. The molecule has 0 aliphatic rings. The number of hydrogen-bond donors (Lipinski definition) is 1. The molecule has 36 heavy (non-hydrogen) atoms. The van der Waals surface area contributed by atoms with Crippen molar-refractivity contribution in [2.45, 2.75) is 20.0 Å². The first-order valence-corrected chi connectivity index (χ1v) is 12.4. The summed E-state index contributed by atoms with van der Waals surface area (Å²) >= 11 is 3.58. The van der Waals surface area contributed by atoms with Gasteiger partial charge in [0.15, 0.2) is 11.5 Å². The van der Waals surface area contributed by atoms with E-state index in [0.717, 1.165) is 32.3 Å². The molecule has 4 rings (SSSR count). The molecule has 4 aromatic rings. The highest BCUT2D eigenvalue weighted by molar-refractivity contribution is 9.10. The molecule has 0 spiro atoms. The van der Waals surface area contributed by atoms with Crippen LogP contribution in [0.1, 0.15) is 23.6 Å². The Bertz CT molecular complexity index is 1360. The predicted octanol–water partition coefficient (Wildman–Crippen LogP) is 6.28. The second-order valence-electron chi connectivity index (χ2n) is 8.01. The van der Waals surface area contributed by atoms with Gasteiger partial charge in [-0.15, -0.1) is 0 Å². The summed E-state index contributed by atoms with van der Waals surface area (Å²) in [6, 6.07) is 25.5. The molecular weight excluding hydrogens is 520 g/mol. The third-order valence-corrected chi connectivity index (χ3v) is 6.09. The van der Waals surface area contributed by atoms with Gasteiger partial charge in [-0.2, -0.15) is 5.10 Å². The Balaban J connectivity index is 1.39. The van der Waals surface area contributed by atoms with Gasteiger partial charge in [0, 0.05) is 0 Å². The van der Waals surface area contributed by atoms with Gasteiger partial charge in [-0.1, -0.05) is 54.6 Å². The average molecular weight is 547 g/mol. The number of nitrogens with one attached hydrogen (secondary N) is 1. The molecular formula is C29H27BrN2O4. The Morgan fingerprint density at radius 3 is 2.56 bits per heavy atom. The van der Waals surface area contributed by atoms with Crippen LogP contribution in [-0.2, 0) is 17.8 Å². The molecule has 184 valence electrons. The molecule has 0 heterocycles. The molecule has 0 atom stereocenters. The van der Waals surface area contributed by atoms with Crippen molar-refractivity contribution >= 4 is 38.8 Å². The summed E-state index contributed by atoms with van der Waals surface area (Å²) < 4.78 is 17.9. The smallest absolute Gasteiger partial charge is 0.244 e. The van der Waals surface area contributed by atoms with Crippen LogP contribution in [-0.4, -0.2) is 25.8 Å². The van der Waals surface area contributed by atoms with Gasteiger partial charge in [0.25, 0.3) is 0 Å². The molecule has 0 aromatic heterocycles. The zero-order valence-corrected chi connectivity index (χ0v) is 21.7. The van der Waals surface area contributed by atoms with Gasteiger partial charge in [0.05, 0.1) is 30.8 Å². The molecule has 0 fully saturated rings. The normalized spacial score (nSPS) is 11.0. The highest BCUT2D eigenvalue weighted by Crippen LogP contribution is 2.37. The van der Waals surface area contributed by atoms with Crippen LogP contribution >= 0.6 is 15.9 Å². The number of hydrazone groups is 1. The van der Waals surface area contributed by atoms with Crippen molar-refractivity contribution in [2.75, 3.05) is 13.7 Å². The monoisotopic (exact) mass is 546 g/mol. The highest BCUT2D eigenvalue weighted by atomic mass is 79.9. The number of methoxy groups -OCH3 is 1. The minimum absolute atomic E-state index is 0.212. The Morgan fingerprint density at radius 2 is 1.78 bits per heavy atom. The van der Waals surface area contributed by atoms with E-state index in [1.807, 2.05) is 61.5 Å². The van der Waals surface area contributed by atoms with Crippen molar-refractivity contribution in [1.82, 2.24) is 5.43 Å². The molecule has 0 unspecified atom stereocenters. The second-order valence-corrected chi connectivity index (χ2v) is 8.86. The molecule has 1 N–H and O–H groups in total. The summed E-state index contributed by atoms with van der Waals surface area (Å²) in [4.78, 5) is 12.3. The molecule has 0 saturated carbocycles. The Hall–Kier alpha value is -3.84. The summed E-state index contributed by atoms with van der Waals surface area (Å²) in [6.07, 6.45) is 1.79. The van der Waals surface area contributed by atoms with Crippen molar-refractivity contribution in [3.05, 3.63) is 100 Å². The van der Waals surface area contributed by atoms with Gasteiger partial charge in [-0.25, -0.2) is 5.43 Å². The quantitative estimate of drug-likeness (QED) is 0.187. The lowest BCUT2D eigenvalue weighted by Crippen LogP contribution is -2.19. The van der Waals surface area contributed by atoms with Gasteiger partial charge in [-0.3, -0.25) is 4.79 Å². The second kappa shape index (κ2) is 12.2. The SMILES string of the molecule is CCOc1ccc(CC(=O)N/N=C/c2cc(Br)c(OCc3cccc4ccccc34)c(OC)c2)cc1. The number of carbonyl (C=O) groups excluding carboxylic acids is 1. The Morgan fingerprint density at radius 1 is 1.00 bits per heavy atom. The number of hydrogen-bond acceptors (Lipinski definition) is 5. The Labute approximate surface area is 219 Å². The summed E-state index contributed by atoms with van der Waals surface area (Å²) in [5, 5.41) is 6.41. The number of nitrogens with zero attached hydrogens (tertiary/aromatic N) is 1. The highest BCUT2D eigenvalue weighted by Gasteiger charge is 2.12.